The summed E-state index contributed by atoms with van der Waals surface area (Å²) in [6, 6.07) is 17.9. The summed E-state index contributed by atoms with van der Waals surface area (Å²) in [6.45, 7) is 0.389. The van der Waals surface area contributed by atoms with Crippen LogP contribution in [0.4, 0.5) is 18.9 Å². The molecule has 3 aromatic rings. The topological polar surface area (TPSA) is 42.8 Å². The van der Waals surface area contributed by atoms with Crippen LogP contribution in [0.5, 0.6) is 11.5 Å². The van der Waals surface area contributed by atoms with E-state index in [1.165, 1.54) is 19.4 Å². The molecule has 0 fully saturated rings. The van der Waals surface area contributed by atoms with E-state index >= 15 is 0 Å². The summed E-state index contributed by atoms with van der Waals surface area (Å²) in [6.07, 6.45) is -3.02. The molecule has 8 heteroatoms. The molecule has 0 aliphatic rings. The van der Waals surface area contributed by atoms with Crippen LogP contribution in [0, 0.1) is 0 Å². The lowest BCUT2D eigenvalue weighted by atomic mass is 10.2. The Bertz CT molecular complexity index is 1020. The van der Waals surface area contributed by atoms with Gasteiger partial charge in [0.1, 0.15) is 6.61 Å². The molecule has 0 aliphatic heterocycles. The van der Waals surface area contributed by atoms with Crippen molar-refractivity contribution < 1.29 is 22.6 Å². The minimum atomic E-state index is -4.46. The zero-order chi connectivity index (χ0) is 21.6. The minimum absolute atomic E-state index is 0.0533. The van der Waals surface area contributed by atoms with Gasteiger partial charge in [-0.15, -0.1) is 0 Å². The zero-order valence-electron chi connectivity index (χ0n) is 15.9. The normalized spacial score (nSPS) is 11.5. The zero-order valence-corrected chi connectivity index (χ0v) is 16.7. The number of hydrogen-bond acceptors (Lipinski definition) is 4. The lowest BCUT2D eigenvalue weighted by Crippen LogP contribution is -2.05. The van der Waals surface area contributed by atoms with Crippen LogP contribution in [0.15, 0.2) is 71.8 Å². The van der Waals surface area contributed by atoms with Gasteiger partial charge in [-0.25, -0.2) is 0 Å². The summed E-state index contributed by atoms with van der Waals surface area (Å²) < 4.78 is 49.7. The molecule has 1 N–H and O–H groups in total. The van der Waals surface area contributed by atoms with E-state index in [9.17, 15) is 13.2 Å². The summed E-state index contributed by atoms with van der Waals surface area (Å²) in [5.74, 6) is 1.07. The highest BCUT2D eigenvalue weighted by Gasteiger charge is 2.30. The molecule has 0 aliphatic carbocycles. The van der Waals surface area contributed by atoms with E-state index in [-0.39, 0.29) is 10.7 Å². The maximum absolute atomic E-state index is 12.8. The van der Waals surface area contributed by atoms with Gasteiger partial charge in [-0.3, -0.25) is 5.43 Å². The molecule has 3 aromatic carbocycles. The first-order valence-electron chi connectivity index (χ1n) is 8.87. The Labute approximate surface area is 176 Å². The number of nitrogens with zero attached hydrogens (tertiary/aromatic N) is 1. The van der Waals surface area contributed by atoms with Crippen LogP contribution < -0.4 is 14.9 Å². The van der Waals surface area contributed by atoms with Gasteiger partial charge in [0.05, 0.1) is 29.6 Å². The maximum atomic E-state index is 12.8. The third-order valence-electron chi connectivity index (χ3n) is 4.12. The summed E-state index contributed by atoms with van der Waals surface area (Å²) >= 11 is 5.94. The number of methoxy groups -OCH3 is 1. The Balaban J connectivity index is 1.69. The van der Waals surface area contributed by atoms with E-state index in [1.807, 2.05) is 30.3 Å². The van der Waals surface area contributed by atoms with Gasteiger partial charge in [0.2, 0.25) is 0 Å². The van der Waals surface area contributed by atoms with Crippen LogP contribution in [0.3, 0.4) is 0 Å². The number of ether oxygens (including phenoxy) is 2. The van der Waals surface area contributed by atoms with Crippen molar-refractivity contribution in [1.29, 1.82) is 0 Å². The van der Waals surface area contributed by atoms with Gasteiger partial charge in [-0.2, -0.15) is 18.3 Å². The first kappa shape index (κ1) is 21.5. The molecule has 0 amide bonds. The SMILES string of the molecule is COc1cc(/C=N\Nc2cc(C(F)(F)F)ccc2Cl)ccc1OCc1ccccc1. The molecule has 0 radical (unpaired) electrons. The monoisotopic (exact) mass is 434 g/mol. The van der Waals surface area contributed by atoms with E-state index in [0.29, 0.717) is 23.7 Å². The van der Waals surface area contributed by atoms with Gasteiger partial charge in [-0.1, -0.05) is 41.9 Å². The highest BCUT2D eigenvalue weighted by atomic mass is 35.5. The third-order valence-corrected chi connectivity index (χ3v) is 4.45. The lowest BCUT2D eigenvalue weighted by Gasteiger charge is -2.11. The van der Waals surface area contributed by atoms with Crippen molar-refractivity contribution in [3.8, 4) is 11.5 Å². The van der Waals surface area contributed by atoms with Crippen LogP contribution in [0.25, 0.3) is 0 Å². The maximum Gasteiger partial charge on any atom is 0.416 e. The van der Waals surface area contributed by atoms with Crippen molar-refractivity contribution in [2.75, 3.05) is 12.5 Å². The molecule has 0 saturated carbocycles. The molecule has 0 heterocycles. The van der Waals surface area contributed by atoms with Gasteiger partial charge in [-0.05, 0) is 47.5 Å². The molecule has 0 aromatic heterocycles. The number of halogens is 4. The van der Waals surface area contributed by atoms with Crippen LogP contribution in [-0.2, 0) is 12.8 Å². The fraction of sp³-hybridized carbons (Fsp3) is 0.136. The summed E-state index contributed by atoms with van der Waals surface area (Å²) in [4.78, 5) is 0. The Morgan fingerprint density at radius 3 is 2.47 bits per heavy atom. The second-order valence-corrected chi connectivity index (χ2v) is 6.65. The fourth-order valence-electron chi connectivity index (χ4n) is 2.58. The number of anilines is 1. The second kappa shape index (κ2) is 9.54. The molecule has 30 heavy (non-hydrogen) atoms. The van der Waals surface area contributed by atoms with E-state index < -0.39 is 11.7 Å². The molecule has 3 rings (SSSR count). The average molecular weight is 435 g/mol. The van der Waals surface area contributed by atoms with Crippen LogP contribution in [0.1, 0.15) is 16.7 Å². The van der Waals surface area contributed by atoms with Crippen molar-refractivity contribution in [1.82, 2.24) is 0 Å². The molecule has 0 saturated heterocycles. The number of hydrogen-bond donors (Lipinski definition) is 1. The largest absolute Gasteiger partial charge is 0.493 e. The van der Waals surface area contributed by atoms with Crippen molar-refractivity contribution >= 4 is 23.5 Å². The van der Waals surface area contributed by atoms with Gasteiger partial charge >= 0.3 is 6.18 Å². The van der Waals surface area contributed by atoms with Crippen molar-refractivity contribution in [2.45, 2.75) is 12.8 Å². The van der Waals surface area contributed by atoms with Crippen molar-refractivity contribution in [3.63, 3.8) is 0 Å². The molecule has 0 spiro atoms. The first-order chi connectivity index (χ1) is 14.4. The van der Waals surface area contributed by atoms with Gasteiger partial charge in [0.25, 0.3) is 0 Å². The predicted molar refractivity (Wildman–Crippen MR) is 111 cm³/mol. The fourth-order valence-corrected chi connectivity index (χ4v) is 2.74. The summed E-state index contributed by atoms with van der Waals surface area (Å²) in [7, 11) is 1.52. The van der Waals surface area contributed by atoms with E-state index in [0.717, 1.165) is 17.7 Å². The summed E-state index contributed by atoms with van der Waals surface area (Å²) in [5, 5.41) is 4.10. The molecule has 0 bridgehead atoms. The smallest absolute Gasteiger partial charge is 0.416 e. The minimum Gasteiger partial charge on any atom is -0.493 e. The van der Waals surface area contributed by atoms with E-state index in [4.69, 9.17) is 21.1 Å². The predicted octanol–water partition coefficient (Wildman–Crippen LogP) is 6.39. The highest BCUT2D eigenvalue weighted by Crippen LogP contribution is 2.34. The number of nitrogens with one attached hydrogen (secondary N) is 1. The summed E-state index contributed by atoms with van der Waals surface area (Å²) in [5.41, 5.74) is 3.46. The number of benzene rings is 3. The molecular weight excluding hydrogens is 417 g/mol. The first-order valence-corrected chi connectivity index (χ1v) is 9.25. The van der Waals surface area contributed by atoms with Crippen molar-refractivity contribution in [3.05, 3.63) is 88.4 Å². The lowest BCUT2D eigenvalue weighted by molar-refractivity contribution is -0.137. The molecule has 0 unspecified atom stereocenters. The van der Waals surface area contributed by atoms with Crippen LogP contribution in [-0.4, -0.2) is 13.3 Å². The van der Waals surface area contributed by atoms with Crippen LogP contribution >= 0.6 is 11.6 Å². The Morgan fingerprint density at radius 2 is 1.77 bits per heavy atom. The molecular formula is C22H18ClF3N2O2. The number of alkyl halides is 3. The highest BCUT2D eigenvalue weighted by molar-refractivity contribution is 6.33. The molecule has 0 atom stereocenters. The standard InChI is InChI=1S/C22H18ClF3N2O2/c1-29-21-11-16(7-10-20(21)30-14-15-5-3-2-4-6-15)13-27-28-19-12-17(22(24,25)26)8-9-18(19)23/h2-13,28H,14H2,1H3/b27-13-. The van der Waals surface area contributed by atoms with Gasteiger partial charge in [0, 0.05) is 0 Å². The Hall–Kier alpha value is -3.19. The Kier molecular flexibility index (Phi) is 6.84. The Morgan fingerprint density at radius 1 is 1.00 bits per heavy atom. The molecule has 156 valence electrons. The van der Waals surface area contributed by atoms with E-state index in [2.05, 4.69) is 10.5 Å². The van der Waals surface area contributed by atoms with Gasteiger partial charge in [0.15, 0.2) is 11.5 Å². The quantitative estimate of drug-likeness (QED) is 0.346. The third kappa shape index (κ3) is 5.67. The van der Waals surface area contributed by atoms with E-state index in [1.54, 1.807) is 18.2 Å². The molecule has 4 nitrogen and oxygen atoms in total. The number of rotatable bonds is 7. The van der Waals surface area contributed by atoms with Crippen LogP contribution in [0.2, 0.25) is 5.02 Å². The van der Waals surface area contributed by atoms with Gasteiger partial charge < -0.3 is 9.47 Å². The number of hydrazone groups is 1. The average Bonchev–Trinajstić information content (AvgIpc) is 2.74. The second-order valence-electron chi connectivity index (χ2n) is 6.25. The van der Waals surface area contributed by atoms with Crippen molar-refractivity contribution in [2.24, 2.45) is 5.10 Å².